The Kier molecular flexibility index (Phi) is 4.97. The van der Waals surface area contributed by atoms with Crippen molar-refractivity contribution in [1.82, 2.24) is 10.3 Å². The summed E-state index contributed by atoms with van der Waals surface area (Å²) in [5.41, 5.74) is 1.37. The van der Waals surface area contributed by atoms with E-state index in [1.807, 2.05) is 0 Å². The average molecular weight is 318 g/mol. The molecule has 1 aromatic carbocycles. The van der Waals surface area contributed by atoms with E-state index in [2.05, 4.69) is 10.3 Å². The quantitative estimate of drug-likeness (QED) is 0.583. The van der Waals surface area contributed by atoms with E-state index in [1.54, 1.807) is 19.9 Å². The van der Waals surface area contributed by atoms with Gasteiger partial charge < -0.3 is 20.3 Å². The Balaban J connectivity index is 2.19. The van der Waals surface area contributed by atoms with Crippen LogP contribution in [0.5, 0.6) is 0 Å². The number of pyridine rings is 1. The number of aryl methyl sites for hydroxylation is 2. The number of amides is 1. The van der Waals surface area contributed by atoms with Crippen molar-refractivity contribution in [1.29, 1.82) is 0 Å². The summed E-state index contributed by atoms with van der Waals surface area (Å²) < 4.78 is 13.4. The Morgan fingerprint density at radius 3 is 2.57 bits per heavy atom. The fraction of sp³-hybridized carbons (Fsp3) is 0.200. The number of aromatic amines is 1. The van der Waals surface area contributed by atoms with Crippen LogP contribution in [0.25, 0.3) is 0 Å². The molecule has 0 fully saturated rings. The second kappa shape index (κ2) is 6.76. The van der Waals surface area contributed by atoms with Gasteiger partial charge in [-0.15, -0.1) is 0 Å². The van der Waals surface area contributed by atoms with Crippen molar-refractivity contribution >= 4 is 18.5 Å². The molecule has 0 saturated carbocycles. The molecule has 0 spiro atoms. The number of aromatic nitrogens is 1. The highest BCUT2D eigenvalue weighted by atomic mass is 19.1. The normalized spacial score (nSPS) is 10.5. The van der Waals surface area contributed by atoms with Gasteiger partial charge in [0.15, 0.2) is 0 Å². The summed E-state index contributed by atoms with van der Waals surface area (Å²) in [6.07, 6.45) is 0. The van der Waals surface area contributed by atoms with Gasteiger partial charge in [0.1, 0.15) is 5.82 Å². The summed E-state index contributed by atoms with van der Waals surface area (Å²) in [4.78, 5) is 26.6. The van der Waals surface area contributed by atoms with Crippen LogP contribution >= 0.6 is 0 Å². The highest BCUT2D eigenvalue weighted by molar-refractivity contribution is 6.58. The maximum Gasteiger partial charge on any atom is 0.488 e. The summed E-state index contributed by atoms with van der Waals surface area (Å²) in [7, 11) is -1.88. The number of benzene rings is 1. The van der Waals surface area contributed by atoms with Gasteiger partial charge in [-0.2, -0.15) is 0 Å². The molecular weight excluding hydrogens is 302 g/mol. The van der Waals surface area contributed by atoms with Crippen LogP contribution in [0.4, 0.5) is 4.39 Å². The first-order chi connectivity index (χ1) is 10.8. The zero-order valence-corrected chi connectivity index (χ0v) is 12.7. The maximum atomic E-state index is 13.4. The lowest BCUT2D eigenvalue weighted by molar-refractivity contribution is 0.0950. The first-order valence-electron chi connectivity index (χ1n) is 6.92. The molecule has 1 aromatic heterocycles. The van der Waals surface area contributed by atoms with Crippen LogP contribution in [-0.4, -0.2) is 28.1 Å². The molecule has 0 aliphatic rings. The third-order valence-electron chi connectivity index (χ3n) is 3.40. The van der Waals surface area contributed by atoms with Gasteiger partial charge in [0.05, 0.1) is 0 Å². The zero-order valence-electron chi connectivity index (χ0n) is 12.7. The summed E-state index contributed by atoms with van der Waals surface area (Å²) >= 11 is 0. The molecule has 8 heteroatoms. The zero-order chi connectivity index (χ0) is 17.1. The highest BCUT2D eigenvalue weighted by Crippen LogP contribution is 2.05. The van der Waals surface area contributed by atoms with E-state index >= 15 is 0 Å². The molecule has 0 unspecified atom stereocenters. The number of hydrogen-bond acceptors (Lipinski definition) is 4. The van der Waals surface area contributed by atoms with Crippen LogP contribution < -0.4 is 16.3 Å². The van der Waals surface area contributed by atoms with Gasteiger partial charge in [-0.3, -0.25) is 9.59 Å². The van der Waals surface area contributed by atoms with Crippen molar-refractivity contribution in [2.75, 3.05) is 0 Å². The number of rotatable bonds is 4. The van der Waals surface area contributed by atoms with E-state index in [0.29, 0.717) is 11.3 Å². The molecule has 2 rings (SSSR count). The molecule has 4 N–H and O–H groups in total. The number of nitrogens with one attached hydrogen (secondary N) is 2. The lowest BCUT2D eigenvalue weighted by Crippen LogP contribution is -2.33. The Hall–Kier alpha value is -2.45. The van der Waals surface area contributed by atoms with Crippen LogP contribution in [-0.2, 0) is 6.54 Å². The first kappa shape index (κ1) is 16.9. The van der Waals surface area contributed by atoms with E-state index in [9.17, 15) is 14.0 Å². The summed E-state index contributed by atoms with van der Waals surface area (Å²) in [5.74, 6) is -1.38. The van der Waals surface area contributed by atoms with E-state index in [0.717, 1.165) is 17.7 Å². The standard InChI is InChI=1S/C15H16BFN2O4/c1-8-3-9(2)19-15(21)13(8)7-18-14(20)10-4-11(16(22)23)6-12(17)5-10/h3-6,22-23H,7H2,1-2H3,(H,18,20)(H,19,21). The second-order valence-corrected chi connectivity index (χ2v) is 5.27. The molecule has 0 aliphatic heterocycles. The van der Waals surface area contributed by atoms with Crippen molar-refractivity contribution < 1.29 is 19.2 Å². The van der Waals surface area contributed by atoms with Crippen LogP contribution in [0, 0.1) is 19.7 Å². The largest absolute Gasteiger partial charge is 0.488 e. The lowest BCUT2D eigenvalue weighted by Gasteiger charge is -2.09. The minimum atomic E-state index is -1.88. The Morgan fingerprint density at radius 1 is 1.26 bits per heavy atom. The topological polar surface area (TPSA) is 102 Å². The molecule has 6 nitrogen and oxygen atoms in total. The number of H-pyrrole nitrogens is 1. The second-order valence-electron chi connectivity index (χ2n) is 5.27. The minimum absolute atomic E-state index is 0.0200. The van der Waals surface area contributed by atoms with E-state index in [-0.39, 0.29) is 23.1 Å². The predicted molar refractivity (Wildman–Crippen MR) is 83.9 cm³/mol. The molecule has 1 amide bonds. The molecule has 0 saturated heterocycles. The van der Waals surface area contributed by atoms with Crippen molar-refractivity contribution in [3.05, 3.63) is 62.8 Å². The van der Waals surface area contributed by atoms with Gasteiger partial charge in [0.2, 0.25) is 0 Å². The van der Waals surface area contributed by atoms with Crippen molar-refractivity contribution in [2.24, 2.45) is 0 Å². The maximum absolute atomic E-state index is 13.4. The van der Waals surface area contributed by atoms with Crippen LogP contribution in [0.3, 0.4) is 0 Å². The SMILES string of the molecule is Cc1cc(C)c(CNC(=O)c2cc(F)cc(B(O)O)c2)c(=O)[nH]1. The average Bonchev–Trinajstić information content (AvgIpc) is 2.45. The van der Waals surface area contributed by atoms with E-state index in [4.69, 9.17) is 10.0 Å². The molecule has 0 atom stereocenters. The van der Waals surface area contributed by atoms with E-state index in [1.165, 1.54) is 6.07 Å². The molecule has 0 aliphatic carbocycles. The Morgan fingerprint density at radius 2 is 1.96 bits per heavy atom. The molecule has 0 radical (unpaired) electrons. The molecule has 2 aromatic rings. The molecule has 23 heavy (non-hydrogen) atoms. The van der Waals surface area contributed by atoms with Crippen LogP contribution in [0.2, 0.25) is 0 Å². The molecular formula is C15H16BFN2O4. The van der Waals surface area contributed by atoms with Gasteiger partial charge in [-0.25, -0.2) is 4.39 Å². The highest BCUT2D eigenvalue weighted by Gasteiger charge is 2.16. The predicted octanol–water partition coefficient (Wildman–Crippen LogP) is -0.259. The lowest BCUT2D eigenvalue weighted by atomic mass is 9.79. The van der Waals surface area contributed by atoms with Crippen molar-refractivity contribution in [3.63, 3.8) is 0 Å². The van der Waals surface area contributed by atoms with Gasteiger partial charge in [-0.1, -0.05) is 0 Å². The summed E-state index contributed by atoms with van der Waals surface area (Å²) in [5, 5.41) is 20.7. The number of hydrogen-bond donors (Lipinski definition) is 4. The summed E-state index contributed by atoms with van der Waals surface area (Å²) in [6.45, 7) is 3.49. The van der Waals surface area contributed by atoms with Gasteiger partial charge in [0.25, 0.3) is 11.5 Å². The third-order valence-corrected chi connectivity index (χ3v) is 3.40. The third kappa shape index (κ3) is 4.05. The minimum Gasteiger partial charge on any atom is -0.423 e. The van der Waals surface area contributed by atoms with Crippen LogP contribution in [0.1, 0.15) is 27.2 Å². The van der Waals surface area contributed by atoms with Gasteiger partial charge in [0, 0.05) is 23.4 Å². The number of carbonyl (C=O) groups excluding carboxylic acids is 1. The van der Waals surface area contributed by atoms with Crippen molar-refractivity contribution in [2.45, 2.75) is 20.4 Å². The molecule has 1 heterocycles. The fourth-order valence-corrected chi connectivity index (χ4v) is 2.26. The Bertz CT molecular complexity index is 805. The van der Waals surface area contributed by atoms with Crippen molar-refractivity contribution in [3.8, 4) is 0 Å². The monoisotopic (exact) mass is 318 g/mol. The van der Waals surface area contributed by atoms with Gasteiger partial charge >= 0.3 is 7.12 Å². The van der Waals surface area contributed by atoms with E-state index < -0.39 is 18.8 Å². The smallest absolute Gasteiger partial charge is 0.423 e. The summed E-state index contributed by atoms with van der Waals surface area (Å²) in [6, 6.07) is 4.87. The molecule has 120 valence electrons. The van der Waals surface area contributed by atoms with Crippen LogP contribution in [0.15, 0.2) is 29.1 Å². The number of halogens is 1. The molecule has 0 bridgehead atoms. The fourth-order valence-electron chi connectivity index (χ4n) is 2.26. The first-order valence-corrected chi connectivity index (χ1v) is 6.92. The Labute approximate surface area is 132 Å². The number of carbonyl (C=O) groups is 1. The van der Waals surface area contributed by atoms with Gasteiger partial charge in [-0.05, 0) is 49.1 Å².